The molecule has 0 aliphatic carbocycles. The molecule has 0 saturated carbocycles. The first kappa shape index (κ1) is 15.5. The normalized spacial score (nSPS) is 18.7. The second kappa shape index (κ2) is 6.38. The van der Waals surface area contributed by atoms with Crippen LogP contribution in [0.4, 0.5) is 0 Å². The van der Waals surface area contributed by atoms with Crippen molar-refractivity contribution in [3.8, 4) is 0 Å². The number of halogens is 1. The van der Waals surface area contributed by atoms with Crippen molar-refractivity contribution in [2.75, 3.05) is 13.1 Å². The van der Waals surface area contributed by atoms with Crippen LogP contribution in [-0.2, 0) is 11.2 Å². The molecule has 5 nitrogen and oxygen atoms in total. The summed E-state index contributed by atoms with van der Waals surface area (Å²) in [5.41, 5.74) is 2.43. The van der Waals surface area contributed by atoms with E-state index in [9.17, 15) is 4.79 Å². The number of thiazole rings is 1. The predicted octanol–water partition coefficient (Wildman–Crippen LogP) is 3.35. The van der Waals surface area contributed by atoms with E-state index in [1.54, 1.807) is 18.3 Å². The summed E-state index contributed by atoms with van der Waals surface area (Å²) in [4.78, 5) is 19.0. The van der Waals surface area contributed by atoms with Crippen molar-refractivity contribution in [3.05, 3.63) is 32.6 Å². The number of carbonyl (C=O) groups excluding carboxylic acids is 1. The molecular weight excluding hydrogens is 322 g/mol. The molecule has 0 radical (unpaired) electrons. The highest BCUT2D eigenvalue weighted by Gasteiger charge is 2.27. The Labute approximate surface area is 138 Å². The van der Waals surface area contributed by atoms with Gasteiger partial charge in [0.1, 0.15) is 0 Å². The third-order valence-corrected chi connectivity index (χ3v) is 5.45. The van der Waals surface area contributed by atoms with Crippen LogP contribution in [0.15, 0.2) is 9.90 Å². The van der Waals surface area contributed by atoms with Gasteiger partial charge in [-0.15, -0.1) is 11.3 Å². The Kier molecular flexibility index (Phi) is 4.49. The number of aromatic nitrogens is 2. The Bertz CT molecular complexity index is 663. The summed E-state index contributed by atoms with van der Waals surface area (Å²) in [6, 6.07) is 0. The lowest BCUT2D eigenvalue weighted by molar-refractivity contribution is -0.131. The van der Waals surface area contributed by atoms with Crippen LogP contribution in [0.3, 0.4) is 0 Å². The molecule has 1 amide bonds. The fourth-order valence-electron chi connectivity index (χ4n) is 2.79. The largest absolute Gasteiger partial charge is 0.344 e. The monoisotopic (exact) mass is 339 g/mol. The molecule has 0 bridgehead atoms. The Balaban J connectivity index is 1.68. The molecule has 1 saturated heterocycles. The molecule has 1 fully saturated rings. The van der Waals surface area contributed by atoms with Crippen molar-refractivity contribution in [1.82, 2.24) is 15.0 Å². The molecule has 0 aromatic carbocycles. The van der Waals surface area contributed by atoms with Crippen LogP contribution < -0.4 is 0 Å². The van der Waals surface area contributed by atoms with Crippen LogP contribution in [-0.4, -0.2) is 34.0 Å². The average Bonchev–Trinajstić information content (AvgIpc) is 3.08. The quantitative estimate of drug-likeness (QED) is 0.860. The number of nitrogens with zero attached hydrogens (tertiary/aromatic N) is 3. The van der Waals surface area contributed by atoms with E-state index in [4.69, 9.17) is 16.1 Å². The molecule has 1 aliphatic rings. The number of rotatable bonds is 3. The Hall–Kier alpha value is -1.40. The molecule has 1 aliphatic heterocycles. The maximum Gasteiger partial charge on any atom is 0.229 e. The Morgan fingerprint density at radius 1 is 1.55 bits per heavy atom. The highest BCUT2D eigenvalue weighted by molar-refractivity contribution is 7.09. The van der Waals surface area contributed by atoms with E-state index in [0.29, 0.717) is 17.2 Å². The van der Waals surface area contributed by atoms with Crippen molar-refractivity contribution in [1.29, 1.82) is 0 Å². The van der Waals surface area contributed by atoms with Crippen molar-refractivity contribution >= 4 is 28.8 Å². The third kappa shape index (κ3) is 3.17. The molecule has 3 heterocycles. The van der Waals surface area contributed by atoms with Gasteiger partial charge >= 0.3 is 0 Å². The highest BCUT2D eigenvalue weighted by atomic mass is 35.5. The van der Waals surface area contributed by atoms with Crippen LogP contribution >= 0.6 is 22.9 Å². The Morgan fingerprint density at radius 3 is 3.00 bits per heavy atom. The van der Waals surface area contributed by atoms with Gasteiger partial charge < -0.3 is 9.42 Å². The summed E-state index contributed by atoms with van der Waals surface area (Å²) in [7, 11) is 0. The van der Waals surface area contributed by atoms with Crippen LogP contribution in [0.2, 0.25) is 5.22 Å². The summed E-state index contributed by atoms with van der Waals surface area (Å²) < 4.78 is 4.91. The highest BCUT2D eigenvalue weighted by Crippen LogP contribution is 2.30. The Morgan fingerprint density at radius 2 is 2.36 bits per heavy atom. The smallest absolute Gasteiger partial charge is 0.229 e. The van der Waals surface area contributed by atoms with Gasteiger partial charge in [0.15, 0.2) is 0 Å². The van der Waals surface area contributed by atoms with Crippen LogP contribution in [0, 0.1) is 13.8 Å². The fourth-order valence-corrected chi connectivity index (χ4v) is 3.95. The van der Waals surface area contributed by atoms with E-state index in [1.165, 1.54) is 0 Å². The fraction of sp³-hybridized carbons (Fsp3) is 0.533. The van der Waals surface area contributed by atoms with Gasteiger partial charge in [0.2, 0.25) is 11.1 Å². The number of likely N-dealkylation sites (tertiary alicyclic amines) is 1. The minimum atomic E-state index is 0.0752. The van der Waals surface area contributed by atoms with Crippen molar-refractivity contribution < 1.29 is 9.32 Å². The van der Waals surface area contributed by atoms with Gasteiger partial charge in [-0.2, -0.15) is 0 Å². The minimum Gasteiger partial charge on any atom is -0.344 e. The number of carbonyl (C=O) groups is 1. The topological polar surface area (TPSA) is 59.2 Å². The molecule has 0 spiro atoms. The van der Waals surface area contributed by atoms with E-state index < -0.39 is 0 Å². The molecule has 1 atom stereocenters. The lowest BCUT2D eigenvalue weighted by Crippen LogP contribution is -2.40. The lowest BCUT2D eigenvalue weighted by atomic mass is 9.98. The van der Waals surface area contributed by atoms with E-state index in [2.05, 4.69) is 15.5 Å². The lowest BCUT2D eigenvalue weighted by Gasteiger charge is -2.31. The molecule has 0 N–H and O–H groups in total. The van der Waals surface area contributed by atoms with E-state index in [-0.39, 0.29) is 17.5 Å². The zero-order chi connectivity index (χ0) is 15.7. The van der Waals surface area contributed by atoms with Gasteiger partial charge in [0.25, 0.3) is 0 Å². The third-order valence-electron chi connectivity index (χ3n) is 4.02. The second-order valence-electron chi connectivity index (χ2n) is 5.70. The summed E-state index contributed by atoms with van der Waals surface area (Å²) in [5.74, 6) is 0.418. The molecule has 2 aromatic heterocycles. The summed E-state index contributed by atoms with van der Waals surface area (Å²) >= 11 is 7.63. The first-order chi connectivity index (χ1) is 10.5. The average molecular weight is 340 g/mol. The van der Waals surface area contributed by atoms with Crippen molar-refractivity contribution in [3.63, 3.8) is 0 Å². The summed E-state index contributed by atoms with van der Waals surface area (Å²) in [6.45, 7) is 5.33. The first-order valence-electron chi connectivity index (χ1n) is 7.35. The molecular formula is C15H18ClN3O2S. The van der Waals surface area contributed by atoms with Crippen molar-refractivity contribution in [2.24, 2.45) is 0 Å². The number of hydrogen-bond donors (Lipinski definition) is 0. The maximum absolute atomic E-state index is 12.5. The summed E-state index contributed by atoms with van der Waals surface area (Å²) in [5, 5.41) is 7.21. The predicted molar refractivity (Wildman–Crippen MR) is 85.4 cm³/mol. The molecule has 3 rings (SSSR count). The van der Waals surface area contributed by atoms with Gasteiger partial charge in [0.05, 0.1) is 17.1 Å². The second-order valence-corrected chi connectivity index (χ2v) is 6.94. The number of amides is 1. The van der Waals surface area contributed by atoms with Gasteiger partial charge in [-0.1, -0.05) is 5.16 Å². The van der Waals surface area contributed by atoms with Gasteiger partial charge in [-0.05, 0) is 38.3 Å². The first-order valence-corrected chi connectivity index (χ1v) is 8.61. The SMILES string of the molecule is Cc1csc([C@H]2CCCN(C(=O)Cc3c(C)noc3Cl)C2)n1. The zero-order valence-corrected chi connectivity index (χ0v) is 14.2. The number of hydrogen-bond acceptors (Lipinski definition) is 5. The number of aryl methyl sites for hydroxylation is 2. The van der Waals surface area contributed by atoms with E-state index >= 15 is 0 Å². The molecule has 22 heavy (non-hydrogen) atoms. The van der Waals surface area contributed by atoms with E-state index in [1.807, 2.05) is 11.8 Å². The number of piperidine rings is 1. The van der Waals surface area contributed by atoms with Crippen LogP contribution in [0.1, 0.15) is 40.7 Å². The molecule has 7 heteroatoms. The minimum absolute atomic E-state index is 0.0752. The van der Waals surface area contributed by atoms with Crippen molar-refractivity contribution in [2.45, 2.75) is 39.0 Å². The van der Waals surface area contributed by atoms with Gasteiger partial charge in [0, 0.05) is 35.6 Å². The van der Waals surface area contributed by atoms with Gasteiger partial charge in [-0.25, -0.2) is 4.98 Å². The summed E-state index contributed by atoms with van der Waals surface area (Å²) in [6.07, 6.45) is 2.34. The standard InChI is InChI=1S/C15H18ClN3O2S/c1-9-8-22-15(17-9)11-4-3-5-19(7-11)13(20)6-12-10(2)18-21-14(12)16/h8,11H,3-7H2,1-2H3/t11-/m0/s1. The maximum atomic E-state index is 12.5. The molecule has 118 valence electrons. The van der Waals surface area contributed by atoms with E-state index in [0.717, 1.165) is 36.6 Å². The van der Waals surface area contributed by atoms with Crippen LogP contribution in [0.25, 0.3) is 0 Å². The zero-order valence-electron chi connectivity index (χ0n) is 12.6. The van der Waals surface area contributed by atoms with Crippen LogP contribution in [0.5, 0.6) is 0 Å². The molecule has 2 aromatic rings. The molecule has 0 unspecified atom stereocenters. The van der Waals surface area contributed by atoms with Gasteiger partial charge in [-0.3, -0.25) is 4.79 Å².